The van der Waals surface area contributed by atoms with Crippen molar-refractivity contribution in [3.63, 3.8) is 0 Å². The topological polar surface area (TPSA) is 43.4 Å². The lowest BCUT2D eigenvalue weighted by Gasteiger charge is -2.19. The molecule has 0 aromatic heterocycles. The second kappa shape index (κ2) is 4.77. The highest BCUT2D eigenvalue weighted by molar-refractivity contribution is 5.84. The summed E-state index contributed by atoms with van der Waals surface area (Å²) in [5.41, 5.74) is -0.848. The van der Waals surface area contributed by atoms with Crippen LogP contribution < -0.4 is 0 Å². The van der Waals surface area contributed by atoms with Gasteiger partial charge in [0.05, 0.1) is 12.0 Å². The Labute approximate surface area is 92.2 Å². The van der Waals surface area contributed by atoms with Crippen LogP contribution in [0.2, 0.25) is 0 Å². The van der Waals surface area contributed by atoms with Crippen molar-refractivity contribution in [2.75, 3.05) is 6.61 Å². The molecule has 0 spiro atoms. The summed E-state index contributed by atoms with van der Waals surface area (Å²) in [6.07, 6.45) is 0.297. The van der Waals surface area contributed by atoms with E-state index in [0.717, 1.165) is 0 Å². The zero-order valence-electron chi connectivity index (χ0n) is 10.6. The molecule has 0 aliphatic rings. The van der Waals surface area contributed by atoms with Crippen molar-refractivity contribution in [3.8, 4) is 0 Å². The molecule has 0 atom stereocenters. The predicted molar refractivity (Wildman–Crippen MR) is 59.5 cm³/mol. The van der Waals surface area contributed by atoms with Crippen LogP contribution in [-0.4, -0.2) is 18.4 Å². The predicted octanol–water partition coefficient (Wildman–Crippen LogP) is 2.58. The van der Waals surface area contributed by atoms with E-state index in [1.165, 1.54) is 0 Å². The summed E-state index contributed by atoms with van der Waals surface area (Å²) < 4.78 is 5.01. The summed E-state index contributed by atoms with van der Waals surface area (Å²) in [5.74, 6) is -0.145. The molecule has 0 radical (unpaired) electrons. The standard InChI is InChI=1S/C12H22O3/c1-11(2,3)9(13)7-8-15-10(14)12(4,5)6/h7-8H2,1-6H3. The van der Waals surface area contributed by atoms with E-state index in [2.05, 4.69) is 0 Å². The number of Topliss-reactive ketones (excluding diaryl/α,β-unsaturated/α-hetero) is 1. The van der Waals surface area contributed by atoms with Crippen molar-refractivity contribution >= 4 is 11.8 Å². The normalized spacial score (nSPS) is 12.4. The van der Waals surface area contributed by atoms with Gasteiger partial charge in [0.2, 0.25) is 0 Å². The summed E-state index contributed by atoms with van der Waals surface area (Å²) in [6.45, 7) is 11.2. The van der Waals surface area contributed by atoms with Gasteiger partial charge in [-0.05, 0) is 20.8 Å². The number of esters is 1. The maximum Gasteiger partial charge on any atom is 0.311 e. The van der Waals surface area contributed by atoms with E-state index in [1.807, 2.05) is 20.8 Å². The van der Waals surface area contributed by atoms with E-state index in [9.17, 15) is 9.59 Å². The van der Waals surface area contributed by atoms with Crippen LogP contribution in [0.4, 0.5) is 0 Å². The largest absolute Gasteiger partial charge is 0.465 e. The van der Waals surface area contributed by atoms with Crippen molar-refractivity contribution in [3.05, 3.63) is 0 Å². The average molecular weight is 214 g/mol. The van der Waals surface area contributed by atoms with Crippen molar-refractivity contribution in [2.45, 2.75) is 48.0 Å². The van der Waals surface area contributed by atoms with E-state index >= 15 is 0 Å². The fraction of sp³-hybridized carbons (Fsp3) is 0.833. The first-order valence-electron chi connectivity index (χ1n) is 5.25. The lowest BCUT2D eigenvalue weighted by atomic mass is 9.89. The monoisotopic (exact) mass is 214 g/mol. The zero-order valence-corrected chi connectivity index (χ0v) is 10.6. The first-order chi connectivity index (χ1) is 6.55. The van der Waals surface area contributed by atoms with Crippen molar-refractivity contribution in [2.24, 2.45) is 10.8 Å². The van der Waals surface area contributed by atoms with Gasteiger partial charge in [0.25, 0.3) is 0 Å². The Morgan fingerprint density at radius 1 is 0.933 bits per heavy atom. The SMILES string of the molecule is CC(C)(C)C(=O)CCOC(=O)C(C)(C)C. The molecule has 0 aromatic rings. The number of carbonyl (C=O) groups excluding carboxylic acids is 2. The van der Waals surface area contributed by atoms with E-state index in [0.29, 0.717) is 6.42 Å². The quantitative estimate of drug-likeness (QED) is 0.678. The first kappa shape index (κ1) is 14.1. The molecule has 0 amide bonds. The zero-order chi connectivity index (χ0) is 12.3. The van der Waals surface area contributed by atoms with Gasteiger partial charge < -0.3 is 4.74 Å². The first-order valence-corrected chi connectivity index (χ1v) is 5.25. The van der Waals surface area contributed by atoms with Crippen molar-refractivity contribution in [1.29, 1.82) is 0 Å². The highest BCUT2D eigenvalue weighted by Crippen LogP contribution is 2.18. The molecule has 0 heterocycles. The van der Waals surface area contributed by atoms with Gasteiger partial charge in [-0.25, -0.2) is 0 Å². The number of hydrogen-bond acceptors (Lipinski definition) is 3. The van der Waals surface area contributed by atoms with Crippen LogP contribution >= 0.6 is 0 Å². The van der Waals surface area contributed by atoms with E-state index in [4.69, 9.17) is 4.74 Å². The summed E-state index contributed by atoms with van der Waals surface area (Å²) >= 11 is 0. The Balaban J connectivity index is 3.92. The Hall–Kier alpha value is -0.860. The van der Waals surface area contributed by atoms with Crippen LogP contribution in [0, 0.1) is 10.8 Å². The van der Waals surface area contributed by atoms with Crippen molar-refractivity contribution < 1.29 is 14.3 Å². The number of ketones is 1. The second-order valence-corrected chi connectivity index (χ2v) is 5.81. The third-order valence-electron chi connectivity index (χ3n) is 2.01. The number of rotatable bonds is 3. The van der Waals surface area contributed by atoms with Gasteiger partial charge in [0.1, 0.15) is 5.78 Å². The van der Waals surface area contributed by atoms with Gasteiger partial charge in [0.15, 0.2) is 0 Å². The smallest absolute Gasteiger partial charge is 0.311 e. The minimum absolute atomic E-state index is 0.115. The van der Waals surface area contributed by atoms with Crippen LogP contribution in [0.5, 0.6) is 0 Å². The maximum absolute atomic E-state index is 11.5. The fourth-order valence-electron chi connectivity index (χ4n) is 0.828. The molecule has 0 fully saturated rings. The molecule has 15 heavy (non-hydrogen) atoms. The highest BCUT2D eigenvalue weighted by Gasteiger charge is 2.25. The molecule has 88 valence electrons. The van der Waals surface area contributed by atoms with Gasteiger partial charge >= 0.3 is 5.97 Å². The summed E-state index contributed by atoms with van der Waals surface area (Å²) in [7, 11) is 0. The molecule has 0 saturated heterocycles. The van der Waals surface area contributed by atoms with Crippen LogP contribution in [0.3, 0.4) is 0 Å². The summed E-state index contributed by atoms with van der Waals surface area (Å²) in [4.78, 5) is 22.9. The maximum atomic E-state index is 11.5. The molecule has 0 rings (SSSR count). The van der Waals surface area contributed by atoms with Gasteiger partial charge in [-0.3, -0.25) is 9.59 Å². The Morgan fingerprint density at radius 3 is 1.73 bits per heavy atom. The molecule has 0 aromatic carbocycles. The lowest BCUT2D eigenvalue weighted by Crippen LogP contribution is -2.26. The minimum atomic E-state index is -0.495. The summed E-state index contributed by atoms with van der Waals surface area (Å²) in [6, 6.07) is 0. The molecular formula is C12H22O3. The molecule has 0 unspecified atom stereocenters. The average Bonchev–Trinajstić information content (AvgIpc) is 2.00. The molecule has 0 bridgehead atoms. The number of hydrogen-bond donors (Lipinski definition) is 0. The van der Waals surface area contributed by atoms with Gasteiger partial charge in [-0.1, -0.05) is 20.8 Å². The number of carbonyl (C=O) groups is 2. The molecular weight excluding hydrogens is 192 g/mol. The molecule has 3 nitrogen and oxygen atoms in total. The van der Waals surface area contributed by atoms with Gasteiger partial charge in [-0.2, -0.15) is 0 Å². The summed E-state index contributed by atoms with van der Waals surface area (Å²) in [5, 5.41) is 0. The Bertz CT molecular complexity index is 215. The van der Waals surface area contributed by atoms with Crippen LogP contribution in [-0.2, 0) is 14.3 Å². The van der Waals surface area contributed by atoms with Crippen molar-refractivity contribution in [1.82, 2.24) is 0 Å². The molecule has 3 heteroatoms. The second-order valence-electron chi connectivity index (χ2n) is 5.81. The Morgan fingerprint density at radius 2 is 1.40 bits per heavy atom. The van der Waals surface area contributed by atoms with Gasteiger partial charge in [-0.15, -0.1) is 0 Å². The fourth-order valence-corrected chi connectivity index (χ4v) is 0.828. The molecule has 0 saturated carbocycles. The van der Waals surface area contributed by atoms with Crippen LogP contribution in [0.1, 0.15) is 48.0 Å². The van der Waals surface area contributed by atoms with E-state index < -0.39 is 5.41 Å². The Kier molecular flexibility index (Phi) is 4.50. The van der Waals surface area contributed by atoms with Crippen LogP contribution in [0.15, 0.2) is 0 Å². The number of ether oxygens (including phenoxy) is 1. The van der Waals surface area contributed by atoms with E-state index in [-0.39, 0.29) is 23.8 Å². The van der Waals surface area contributed by atoms with E-state index in [1.54, 1.807) is 20.8 Å². The third kappa shape index (κ3) is 5.55. The van der Waals surface area contributed by atoms with Crippen LogP contribution in [0.25, 0.3) is 0 Å². The molecule has 0 aliphatic carbocycles. The third-order valence-corrected chi connectivity index (χ3v) is 2.01. The highest BCUT2D eigenvalue weighted by atomic mass is 16.5. The lowest BCUT2D eigenvalue weighted by molar-refractivity contribution is -0.153. The molecule has 0 N–H and O–H groups in total. The minimum Gasteiger partial charge on any atom is -0.465 e. The molecule has 0 aliphatic heterocycles. The van der Waals surface area contributed by atoms with Gasteiger partial charge in [0, 0.05) is 11.8 Å².